The van der Waals surface area contributed by atoms with E-state index in [1.54, 1.807) is 6.92 Å². The van der Waals surface area contributed by atoms with Crippen LogP contribution < -0.4 is 11.1 Å². The summed E-state index contributed by atoms with van der Waals surface area (Å²) in [6.07, 6.45) is 3.01. The van der Waals surface area contributed by atoms with Gasteiger partial charge in [0, 0.05) is 35.6 Å². The molecule has 9 heteroatoms. The zero-order valence-electron chi connectivity index (χ0n) is 18.3. The van der Waals surface area contributed by atoms with Crippen LogP contribution in [-0.2, 0) is 4.79 Å². The maximum atomic E-state index is 15.0. The Hall–Kier alpha value is -1.51. The summed E-state index contributed by atoms with van der Waals surface area (Å²) in [4.78, 5) is 12.2. The fraction of sp³-hybridized carbons (Fsp3) is 0.522. The summed E-state index contributed by atoms with van der Waals surface area (Å²) < 4.78 is 30.1. The first-order valence-electron chi connectivity index (χ1n) is 10.4. The molecule has 32 heavy (non-hydrogen) atoms. The predicted octanol–water partition coefficient (Wildman–Crippen LogP) is 4.87. The third-order valence-electron chi connectivity index (χ3n) is 6.12. The van der Waals surface area contributed by atoms with E-state index in [1.165, 1.54) is 24.3 Å². The van der Waals surface area contributed by atoms with Crippen LogP contribution in [0.2, 0.25) is 5.02 Å². The summed E-state index contributed by atoms with van der Waals surface area (Å²) in [6.45, 7) is 5.37. The fourth-order valence-electron chi connectivity index (χ4n) is 4.45. The van der Waals surface area contributed by atoms with E-state index in [2.05, 4.69) is 5.32 Å². The highest BCUT2D eigenvalue weighted by Crippen LogP contribution is 2.47. The lowest BCUT2D eigenvalue weighted by molar-refractivity contribution is -0.139. The topological polar surface area (TPSA) is 95.6 Å². The summed E-state index contributed by atoms with van der Waals surface area (Å²) in [5, 5.41) is 22.3. The third kappa shape index (κ3) is 5.88. The Bertz CT molecular complexity index is 907. The number of nitrogens with two attached hydrogens (primary N) is 1. The molecule has 0 aromatic heterocycles. The Morgan fingerprint density at radius 1 is 1.41 bits per heavy atom. The number of aliphatic hydroxyl groups excluding tert-OH is 1. The largest absolute Gasteiger partial charge is 0.480 e. The molecule has 1 aromatic carbocycles. The van der Waals surface area contributed by atoms with E-state index in [9.17, 15) is 15.0 Å². The summed E-state index contributed by atoms with van der Waals surface area (Å²) in [7, 11) is 0. The molecule has 4 unspecified atom stereocenters. The number of carbonyl (C=O) groups is 1. The van der Waals surface area contributed by atoms with Crippen molar-refractivity contribution in [3.05, 3.63) is 57.6 Å². The quantitative estimate of drug-likeness (QED) is 0.370. The number of allylic oxidation sites excluding steroid dienone is 3. The maximum Gasteiger partial charge on any atom is 0.321 e. The second kappa shape index (κ2) is 10.6. The first-order valence-corrected chi connectivity index (χ1v) is 11.1. The summed E-state index contributed by atoms with van der Waals surface area (Å²) in [6, 6.07) is 2.31. The van der Waals surface area contributed by atoms with Crippen LogP contribution in [0.15, 0.2) is 41.2 Å². The van der Waals surface area contributed by atoms with Crippen LogP contribution in [0.25, 0.3) is 0 Å². The van der Waals surface area contributed by atoms with E-state index in [-0.39, 0.29) is 28.6 Å². The van der Waals surface area contributed by atoms with Crippen molar-refractivity contribution in [1.29, 1.82) is 0 Å². The van der Waals surface area contributed by atoms with Crippen molar-refractivity contribution in [1.82, 2.24) is 5.32 Å². The molecule has 0 bridgehead atoms. The smallest absolute Gasteiger partial charge is 0.321 e. The second-order valence-electron chi connectivity index (χ2n) is 9.05. The molecule has 0 spiro atoms. The molecule has 5 N–H and O–H groups in total. The van der Waals surface area contributed by atoms with Gasteiger partial charge in [-0.3, -0.25) is 10.1 Å². The van der Waals surface area contributed by atoms with Gasteiger partial charge in [0.1, 0.15) is 17.7 Å². The fourth-order valence-corrected chi connectivity index (χ4v) is 4.75. The van der Waals surface area contributed by atoms with Crippen LogP contribution in [0.5, 0.6) is 0 Å². The van der Waals surface area contributed by atoms with E-state index in [0.29, 0.717) is 12.8 Å². The molecule has 0 aliphatic carbocycles. The highest BCUT2D eigenvalue weighted by molar-refractivity contribution is 6.31. The Labute approximate surface area is 197 Å². The standard InChI is InChI=1S/C23H30Cl2F2N2O3/c1-4-13(24)10-14(26)11-23(28)17(12-22(2,3)8-9-30)29-20(21(31)32)18(23)15-6-5-7-16(25)19(15)27/h4-7,10,17-18,20,29-30H,8-9,11-12,28H2,1-3H3,(H,31,32). The van der Waals surface area contributed by atoms with Gasteiger partial charge >= 0.3 is 5.97 Å². The summed E-state index contributed by atoms with van der Waals surface area (Å²) >= 11 is 11.9. The van der Waals surface area contributed by atoms with Crippen LogP contribution >= 0.6 is 23.2 Å². The molecule has 0 radical (unpaired) electrons. The molecule has 0 amide bonds. The maximum absolute atomic E-state index is 15.0. The molecular weight excluding hydrogens is 461 g/mol. The van der Waals surface area contributed by atoms with Gasteiger partial charge in [-0.25, -0.2) is 8.78 Å². The van der Waals surface area contributed by atoms with Crippen molar-refractivity contribution in [2.45, 2.75) is 63.6 Å². The highest BCUT2D eigenvalue weighted by atomic mass is 35.5. The molecule has 1 aromatic rings. The highest BCUT2D eigenvalue weighted by Gasteiger charge is 2.57. The first kappa shape index (κ1) is 26.7. The second-order valence-corrected chi connectivity index (χ2v) is 9.90. The lowest BCUT2D eigenvalue weighted by Crippen LogP contribution is -2.55. The minimum absolute atomic E-state index is 0.00675. The van der Waals surface area contributed by atoms with E-state index in [4.69, 9.17) is 28.9 Å². The molecule has 1 fully saturated rings. The summed E-state index contributed by atoms with van der Waals surface area (Å²) in [5.74, 6) is -3.78. The van der Waals surface area contributed by atoms with Crippen molar-refractivity contribution >= 4 is 29.2 Å². The van der Waals surface area contributed by atoms with E-state index in [0.717, 1.165) is 6.08 Å². The molecule has 1 heterocycles. The molecule has 1 saturated heterocycles. The van der Waals surface area contributed by atoms with Gasteiger partial charge in [-0.15, -0.1) is 0 Å². The van der Waals surface area contributed by atoms with Gasteiger partial charge in [-0.2, -0.15) is 0 Å². The van der Waals surface area contributed by atoms with Crippen molar-refractivity contribution < 1.29 is 23.8 Å². The lowest BCUT2D eigenvalue weighted by Gasteiger charge is -2.39. The SMILES string of the molecule is CC=C(Cl)C=C(F)CC1(N)C(CC(C)(C)CCO)NC(C(=O)O)C1c1cccc(Cl)c1F. The number of carboxylic acid groups (broad SMARTS) is 1. The van der Waals surface area contributed by atoms with Gasteiger partial charge in [0.25, 0.3) is 0 Å². The Morgan fingerprint density at radius 2 is 2.06 bits per heavy atom. The normalized spacial score (nSPS) is 27.1. The molecular formula is C23H30Cl2F2N2O3. The molecule has 1 aliphatic heterocycles. The van der Waals surface area contributed by atoms with Crippen molar-refractivity contribution in [3.63, 3.8) is 0 Å². The summed E-state index contributed by atoms with van der Waals surface area (Å²) in [5.41, 5.74) is 4.85. The Balaban J connectivity index is 2.65. The average molecular weight is 491 g/mol. The van der Waals surface area contributed by atoms with E-state index in [1.807, 2.05) is 13.8 Å². The molecule has 5 nitrogen and oxygen atoms in total. The lowest BCUT2D eigenvalue weighted by atomic mass is 9.69. The van der Waals surface area contributed by atoms with Gasteiger partial charge < -0.3 is 15.9 Å². The van der Waals surface area contributed by atoms with Gasteiger partial charge in [0.15, 0.2) is 0 Å². The zero-order chi connectivity index (χ0) is 24.3. The van der Waals surface area contributed by atoms with Gasteiger partial charge in [-0.1, -0.05) is 55.3 Å². The van der Waals surface area contributed by atoms with E-state index < -0.39 is 46.6 Å². The zero-order valence-corrected chi connectivity index (χ0v) is 19.9. The van der Waals surface area contributed by atoms with Crippen LogP contribution in [0.4, 0.5) is 8.78 Å². The number of hydrogen-bond donors (Lipinski definition) is 4. The van der Waals surface area contributed by atoms with E-state index >= 15 is 8.78 Å². The van der Waals surface area contributed by atoms with Crippen LogP contribution in [0.3, 0.4) is 0 Å². The van der Waals surface area contributed by atoms with Crippen LogP contribution in [-0.4, -0.2) is 40.4 Å². The Morgan fingerprint density at radius 3 is 2.62 bits per heavy atom. The predicted molar refractivity (Wildman–Crippen MR) is 123 cm³/mol. The Kier molecular flexibility index (Phi) is 8.87. The molecule has 1 aliphatic rings. The third-order valence-corrected chi connectivity index (χ3v) is 6.73. The number of benzene rings is 1. The van der Waals surface area contributed by atoms with Gasteiger partial charge in [0.05, 0.1) is 5.02 Å². The molecule has 2 rings (SSSR count). The average Bonchev–Trinajstić information content (AvgIpc) is 2.95. The number of nitrogens with one attached hydrogen (secondary N) is 1. The molecule has 4 atom stereocenters. The van der Waals surface area contributed by atoms with Crippen molar-refractivity contribution in [3.8, 4) is 0 Å². The van der Waals surface area contributed by atoms with Gasteiger partial charge in [0.2, 0.25) is 0 Å². The number of aliphatic carboxylic acids is 1. The number of carboxylic acids is 1. The first-order chi connectivity index (χ1) is 14.9. The van der Waals surface area contributed by atoms with Crippen LogP contribution in [0, 0.1) is 11.2 Å². The monoisotopic (exact) mass is 490 g/mol. The van der Waals surface area contributed by atoms with Gasteiger partial charge in [-0.05, 0) is 42.9 Å². The van der Waals surface area contributed by atoms with Crippen LogP contribution in [0.1, 0.15) is 51.5 Å². The number of aliphatic hydroxyl groups is 1. The minimum atomic E-state index is -1.52. The number of hydrogen-bond acceptors (Lipinski definition) is 4. The van der Waals surface area contributed by atoms with Crippen molar-refractivity contribution in [2.75, 3.05) is 6.61 Å². The number of rotatable bonds is 9. The minimum Gasteiger partial charge on any atom is -0.480 e. The molecule has 178 valence electrons. The number of halogens is 4. The van der Waals surface area contributed by atoms with Crippen molar-refractivity contribution in [2.24, 2.45) is 11.1 Å². The molecule has 0 saturated carbocycles.